The summed E-state index contributed by atoms with van der Waals surface area (Å²) in [7, 11) is -3.65. The summed E-state index contributed by atoms with van der Waals surface area (Å²) in [6, 6.07) is 13.7. The van der Waals surface area contributed by atoms with E-state index in [-0.39, 0.29) is 4.90 Å². The van der Waals surface area contributed by atoms with Crippen molar-refractivity contribution in [2.45, 2.75) is 43.5 Å². The highest BCUT2D eigenvalue weighted by molar-refractivity contribution is 7.89. The summed E-state index contributed by atoms with van der Waals surface area (Å²) in [5, 5.41) is 4.65. The molecule has 0 bridgehead atoms. The number of nitrogens with zero attached hydrogens (tertiary/aromatic N) is 3. The zero-order chi connectivity index (χ0) is 20.6. The lowest BCUT2D eigenvalue weighted by atomic mass is 10.0. The van der Waals surface area contributed by atoms with Gasteiger partial charge in [-0.2, -0.15) is 9.29 Å². The van der Waals surface area contributed by atoms with Crippen molar-refractivity contribution in [1.82, 2.24) is 14.4 Å². The minimum atomic E-state index is -3.65. The highest BCUT2D eigenvalue weighted by Gasteiger charge is 2.39. The number of hydrogen-bond acceptors (Lipinski definition) is 5. The average molecular weight is 432 g/mol. The van der Waals surface area contributed by atoms with E-state index in [4.69, 9.17) is 16.1 Å². The first kappa shape index (κ1) is 20.1. The van der Waals surface area contributed by atoms with Crippen LogP contribution in [0.15, 0.2) is 57.9 Å². The maximum atomic E-state index is 13.2. The second-order valence-corrected chi connectivity index (χ2v) is 9.79. The van der Waals surface area contributed by atoms with Gasteiger partial charge in [-0.15, -0.1) is 0 Å². The van der Waals surface area contributed by atoms with Gasteiger partial charge < -0.3 is 4.52 Å². The highest BCUT2D eigenvalue weighted by Crippen LogP contribution is 2.36. The van der Waals surface area contributed by atoms with E-state index in [1.807, 2.05) is 12.1 Å². The summed E-state index contributed by atoms with van der Waals surface area (Å²) in [4.78, 5) is 4.74. The maximum absolute atomic E-state index is 13.2. The van der Waals surface area contributed by atoms with Crippen molar-refractivity contribution >= 4 is 21.6 Å². The molecule has 152 valence electrons. The molecule has 0 N–H and O–H groups in total. The van der Waals surface area contributed by atoms with E-state index in [0.29, 0.717) is 35.6 Å². The van der Waals surface area contributed by atoms with Gasteiger partial charge in [-0.3, -0.25) is 0 Å². The molecule has 6 nitrogen and oxygen atoms in total. The van der Waals surface area contributed by atoms with Crippen molar-refractivity contribution in [3.05, 3.63) is 65.0 Å². The molecule has 1 atom stereocenters. The molecule has 1 fully saturated rings. The van der Waals surface area contributed by atoms with Crippen LogP contribution in [0.2, 0.25) is 5.02 Å². The number of hydrogen-bond donors (Lipinski definition) is 0. The van der Waals surface area contributed by atoms with Gasteiger partial charge in [-0.1, -0.05) is 42.7 Å². The van der Waals surface area contributed by atoms with Crippen molar-refractivity contribution < 1.29 is 12.9 Å². The molecule has 1 aliphatic rings. The molecule has 3 aromatic rings. The van der Waals surface area contributed by atoms with Crippen LogP contribution in [0.25, 0.3) is 11.4 Å². The third kappa shape index (κ3) is 3.95. The second kappa shape index (κ2) is 7.89. The summed E-state index contributed by atoms with van der Waals surface area (Å²) in [5.74, 6) is 1.08. The van der Waals surface area contributed by atoms with Crippen LogP contribution in [0, 0.1) is 0 Å². The number of aromatic nitrogens is 2. The molecule has 0 aliphatic carbocycles. The molecule has 2 heterocycles. The lowest BCUT2D eigenvalue weighted by Crippen LogP contribution is -2.30. The lowest BCUT2D eigenvalue weighted by Gasteiger charge is -2.21. The van der Waals surface area contributed by atoms with Gasteiger partial charge in [-0.05, 0) is 60.7 Å². The van der Waals surface area contributed by atoms with E-state index in [0.717, 1.165) is 17.5 Å². The van der Waals surface area contributed by atoms with Crippen molar-refractivity contribution in [3.63, 3.8) is 0 Å². The Morgan fingerprint density at radius 2 is 1.79 bits per heavy atom. The van der Waals surface area contributed by atoms with E-state index in [1.54, 1.807) is 36.4 Å². The first-order chi connectivity index (χ1) is 13.9. The van der Waals surface area contributed by atoms with Gasteiger partial charge in [0.05, 0.1) is 4.90 Å². The van der Waals surface area contributed by atoms with Gasteiger partial charge in [0.2, 0.25) is 21.7 Å². The van der Waals surface area contributed by atoms with Gasteiger partial charge in [0.25, 0.3) is 0 Å². The number of halogens is 1. The Morgan fingerprint density at radius 3 is 2.45 bits per heavy atom. The minimum Gasteiger partial charge on any atom is -0.337 e. The first-order valence-electron chi connectivity index (χ1n) is 9.57. The van der Waals surface area contributed by atoms with E-state index in [9.17, 15) is 8.42 Å². The Balaban J connectivity index is 1.61. The molecule has 29 heavy (non-hydrogen) atoms. The topological polar surface area (TPSA) is 76.3 Å². The minimum absolute atomic E-state index is 0.284. The number of benzene rings is 2. The van der Waals surface area contributed by atoms with Gasteiger partial charge in [-0.25, -0.2) is 8.42 Å². The van der Waals surface area contributed by atoms with Gasteiger partial charge in [0.1, 0.15) is 6.04 Å². The molecule has 0 radical (unpaired) electrons. The molecule has 0 spiro atoms. The van der Waals surface area contributed by atoms with Crippen molar-refractivity contribution in [3.8, 4) is 11.4 Å². The average Bonchev–Trinajstić information content (AvgIpc) is 3.38. The second-order valence-electron chi connectivity index (χ2n) is 7.46. The van der Waals surface area contributed by atoms with Gasteiger partial charge in [0, 0.05) is 17.1 Å². The SMILES string of the molecule is CC(C)c1ccc(S(=O)(=O)N2CCCC2c2nc(-c3ccc(Cl)cc3)no2)cc1. The van der Waals surface area contributed by atoms with Crippen LogP contribution in [0.3, 0.4) is 0 Å². The highest BCUT2D eigenvalue weighted by atomic mass is 35.5. The molecule has 4 rings (SSSR count). The number of sulfonamides is 1. The van der Waals surface area contributed by atoms with E-state index in [2.05, 4.69) is 24.0 Å². The summed E-state index contributed by atoms with van der Waals surface area (Å²) in [6.07, 6.45) is 1.39. The zero-order valence-electron chi connectivity index (χ0n) is 16.2. The van der Waals surface area contributed by atoms with Gasteiger partial charge >= 0.3 is 0 Å². The Morgan fingerprint density at radius 1 is 1.10 bits per heavy atom. The normalized spacial score (nSPS) is 17.9. The van der Waals surface area contributed by atoms with Crippen LogP contribution in [-0.2, 0) is 10.0 Å². The van der Waals surface area contributed by atoms with E-state index in [1.165, 1.54) is 4.31 Å². The molecule has 1 aromatic heterocycles. The van der Waals surface area contributed by atoms with Crippen LogP contribution in [0.1, 0.15) is 50.1 Å². The van der Waals surface area contributed by atoms with Crippen LogP contribution in [0.5, 0.6) is 0 Å². The van der Waals surface area contributed by atoms with E-state index >= 15 is 0 Å². The molecule has 8 heteroatoms. The third-order valence-electron chi connectivity index (χ3n) is 5.19. The van der Waals surface area contributed by atoms with Crippen LogP contribution in [0.4, 0.5) is 0 Å². The Kier molecular flexibility index (Phi) is 5.46. The monoisotopic (exact) mass is 431 g/mol. The molecule has 1 unspecified atom stereocenters. The summed E-state index contributed by atoms with van der Waals surface area (Å²) < 4.78 is 33.4. The smallest absolute Gasteiger partial charge is 0.245 e. The molecule has 1 aliphatic heterocycles. The molecule has 0 amide bonds. The first-order valence-corrected chi connectivity index (χ1v) is 11.4. The van der Waals surface area contributed by atoms with Gasteiger partial charge in [0.15, 0.2) is 0 Å². The molecule has 2 aromatic carbocycles. The summed E-state index contributed by atoms with van der Waals surface area (Å²) in [5.41, 5.74) is 1.87. The third-order valence-corrected chi connectivity index (χ3v) is 7.36. The van der Waals surface area contributed by atoms with Crippen molar-refractivity contribution in [2.75, 3.05) is 6.54 Å². The molecule has 0 saturated carbocycles. The maximum Gasteiger partial charge on any atom is 0.245 e. The fourth-order valence-corrected chi connectivity index (χ4v) is 5.30. The summed E-state index contributed by atoms with van der Waals surface area (Å²) in [6.45, 7) is 4.58. The Bertz CT molecular complexity index is 1090. The summed E-state index contributed by atoms with van der Waals surface area (Å²) >= 11 is 5.92. The number of rotatable bonds is 5. The predicted octanol–water partition coefficient (Wildman–Crippen LogP) is 5.04. The van der Waals surface area contributed by atoms with E-state index < -0.39 is 16.1 Å². The standard InChI is InChI=1S/C21H22ClN3O3S/c1-14(2)15-7-11-18(12-8-15)29(26,27)25-13-3-4-19(25)21-23-20(24-28-21)16-5-9-17(22)10-6-16/h5-12,14,19H,3-4,13H2,1-2H3. The van der Waals surface area contributed by atoms with Crippen LogP contribution < -0.4 is 0 Å². The molecular formula is C21H22ClN3O3S. The zero-order valence-corrected chi connectivity index (χ0v) is 17.8. The Labute approximate surface area is 175 Å². The quantitative estimate of drug-likeness (QED) is 0.565. The van der Waals surface area contributed by atoms with Crippen LogP contribution >= 0.6 is 11.6 Å². The molecular weight excluding hydrogens is 410 g/mol. The van der Waals surface area contributed by atoms with Crippen molar-refractivity contribution in [1.29, 1.82) is 0 Å². The lowest BCUT2D eigenvalue weighted by molar-refractivity contribution is 0.290. The fraction of sp³-hybridized carbons (Fsp3) is 0.333. The predicted molar refractivity (Wildman–Crippen MR) is 111 cm³/mol. The Hall–Kier alpha value is -2.22. The fourth-order valence-electron chi connectivity index (χ4n) is 3.52. The van der Waals surface area contributed by atoms with Crippen LogP contribution in [-0.4, -0.2) is 29.4 Å². The van der Waals surface area contributed by atoms with Crippen molar-refractivity contribution in [2.24, 2.45) is 0 Å². The largest absolute Gasteiger partial charge is 0.337 e. The molecule has 1 saturated heterocycles.